The molecule has 3 rings (SSSR count). The molecule has 23 heavy (non-hydrogen) atoms. The van der Waals surface area contributed by atoms with Gasteiger partial charge in [0.15, 0.2) is 0 Å². The van der Waals surface area contributed by atoms with Crippen molar-refractivity contribution in [1.29, 1.82) is 0 Å². The third kappa shape index (κ3) is 2.73. The molecule has 0 saturated carbocycles. The van der Waals surface area contributed by atoms with Crippen LogP contribution in [0.5, 0.6) is 0 Å². The van der Waals surface area contributed by atoms with E-state index in [-0.39, 0.29) is 12.1 Å². The summed E-state index contributed by atoms with van der Waals surface area (Å²) < 4.78 is 4.20. The van der Waals surface area contributed by atoms with E-state index in [0.29, 0.717) is 6.54 Å². The first-order valence-electron chi connectivity index (χ1n) is 8.25. The molecule has 2 amide bonds. The van der Waals surface area contributed by atoms with Crippen LogP contribution in [0.4, 0.5) is 4.79 Å². The van der Waals surface area contributed by atoms with Crippen LogP contribution in [0.2, 0.25) is 0 Å². The van der Waals surface area contributed by atoms with Crippen molar-refractivity contribution in [3.05, 3.63) is 41.0 Å². The maximum Gasteiger partial charge on any atom is 0.318 e. The van der Waals surface area contributed by atoms with Gasteiger partial charge >= 0.3 is 6.03 Å². The Morgan fingerprint density at radius 3 is 2.87 bits per heavy atom. The molecule has 0 spiro atoms. The quantitative estimate of drug-likeness (QED) is 0.946. The fraction of sp³-hybridized carbons (Fsp3) is 0.529. The second-order valence-electron chi connectivity index (χ2n) is 6.12. The average Bonchev–Trinajstić information content (AvgIpc) is 3.11. The highest BCUT2D eigenvalue weighted by Gasteiger charge is 2.27. The SMILES string of the molecule is CCn1nc(C)c(CNC(=O)N2CCn3cccc3C2C)c1C. The van der Waals surface area contributed by atoms with E-state index in [9.17, 15) is 4.79 Å². The van der Waals surface area contributed by atoms with E-state index in [4.69, 9.17) is 0 Å². The number of aryl methyl sites for hydroxylation is 2. The van der Waals surface area contributed by atoms with Gasteiger partial charge in [0.05, 0.1) is 11.7 Å². The van der Waals surface area contributed by atoms with Gasteiger partial charge in [-0.05, 0) is 39.8 Å². The molecule has 0 aliphatic carbocycles. The molecule has 1 atom stereocenters. The Hall–Kier alpha value is -2.24. The lowest BCUT2D eigenvalue weighted by molar-refractivity contribution is 0.162. The molecule has 1 unspecified atom stereocenters. The van der Waals surface area contributed by atoms with E-state index in [1.165, 1.54) is 5.69 Å². The molecule has 0 radical (unpaired) electrons. The highest BCUT2D eigenvalue weighted by Crippen LogP contribution is 2.25. The number of nitrogens with zero attached hydrogens (tertiary/aromatic N) is 4. The van der Waals surface area contributed by atoms with Crippen molar-refractivity contribution in [3.63, 3.8) is 0 Å². The van der Waals surface area contributed by atoms with Crippen molar-refractivity contribution in [3.8, 4) is 0 Å². The van der Waals surface area contributed by atoms with E-state index in [1.807, 2.05) is 22.6 Å². The van der Waals surface area contributed by atoms with Crippen LogP contribution >= 0.6 is 0 Å². The molecule has 3 heterocycles. The summed E-state index contributed by atoms with van der Waals surface area (Å²) in [5.74, 6) is 0. The first kappa shape index (κ1) is 15.6. The van der Waals surface area contributed by atoms with E-state index >= 15 is 0 Å². The van der Waals surface area contributed by atoms with Crippen molar-refractivity contribution >= 4 is 6.03 Å². The zero-order valence-electron chi connectivity index (χ0n) is 14.3. The predicted molar refractivity (Wildman–Crippen MR) is 89.2 cm³/mol. The van der Waals surface area contributed by atoms with Gasteiger partial charge in [-0.1, -0.05) is 0 Å². The smallest absolute Gasteiger partial charge is 0.318 e. The largest absolute Gasteiger partial charge is 0.348 e. The number of aromatic nitrogens is 3. The van der Waals surface area contributed by atoms with Crippen LogP contribution in [0.25, 0.3) is 0 Å². The lowest BCUT2D eigenvalue weighted by atomic mass is 10.1. The Balaban J connectivity index is 1.68. The predicted octanol–water partition coefficient (Wildman–Crippen LogP) is 2.61. The first-order valence-corrected chi connectivity index (χ1v) is 8.25. The van der Waals surface area contributed by atoms with Crippen LogP contribution in [-0.4, -0.2) is 31.8 Å². The molecule has 0 fully saturated rings. The van der Waals surface area contributed by atoms with Gasteiger partial charge in [-0.3, -0.25) is 4.68 Å². The molecule has 0 bridgehead atoms. The molecule has 0 aromatic carbocycles. The summed E-state index contributed by atoms with van der Waals surface area (Å²) in [6.45, 7) is 11.2. The van der Waals surface area contributed by atoms with Gasteiger partial charge in [-0.2, -0.15) is 5.10 Å². The standard InChI is InChI=1S/C17H25N5O/c1-5-22-13(3)15(12(2)19-22)11-18-17(23)21-10-9-20-8-6-7-16(20)14(21)4/h6-8,14H,5,9-11H2,1-4H3,(H,18,23). The Labute approximate surface area is 137 Å². The Bertz CT molecular complexity index is 715. The van der Waals surface area contributed by atoms with Crippen molar-refractivity contribution in [1.82, 2.24) is 24.6 Å². The summed E-state index contributed by atoms with van der Waals surface area (Å²) in [6.07, 6.45) is 2.08. The van der Waals surface area contributed by atoms with Gasteiger partial charge < -0.3 is 14.8 Å². The normalized spacial score (nSPS) is 17.2. The lowest BCUT2D eigenvalue weighted by Gasteiger charge is -2.34. The highest BCUT2D eigenvalue weighted by atomic mass is 16.2. The van der Waals surface area contributed by atoms with Gasteiger partial charge in [0.2, 0.25) is 0 Å². The molecule has 2 aromatic heterocycles. The number of hydrogen-bond donors (Lipinski definition) is 1. The van der Waals surface area contributed by atoms with Crippen LogP contribution in [0.1, 0.15) is 42.5 Å². The van der Waals surface area contributed by atoms with Crippen LogP contribution in [0, 0.1) is 13.8 Å². The minimum absolute atomic E-state index is 0.00648. The molecule has 2 aromatic rings. The number of carbonyl (C=O) groups excluding carboxylic acids is 1. The van der Waals surface area contributed by atoms with Gasteiger partial charge in [0.25, 0.3) is 0 Å². The third-order valence-electron chi connectivity index (χ3n) is 4.85. The molecular formula is C17H25N5O. The minimum atomic E-state index is -0.00648. The Kier molecular flexibility index (Phi) is 4.15. The Morgan fingerprint density at radius 2 is 2.17 bits per heavy atom. The maximum atomic E-state index is 12.6. The van der Waals surface area contributed by atoms with Gasteiger partial charge in [-0.25, -0.2) is 4.79 Å². The summed E-state index contributed by atoms with van der Waals surface area (Å²) in [5.41, 5.74) is 4.43. The first-order chi connectivity index (χ1) is 11.0. The van der Waals surface area contributed by atoms with Crippen molar-refractivity contribution in [2.45, 2.75) is 53.4 Å². The number of rotatable bonds is 3. The van der Waals surface area contributed by atoms with E-state index in [1.54, 1.807) is 0 Å². The molecule has 6 nitrogen and oxygen atoms in total. The van der Waals surface area contributed by atoms with E-state index in [0.717, 1.165) is 36.6 Å². The zero-order chi connectivity index (χ0) is 16.6. The third-order valence-corrected chi connectivity index (χ3v) is 4.85. The summed E-state index contributed by atoms with van der Waals surface area (Å²) in [4.78, 5) is 14.5. The van der Waals surface area contributed by atoms with E-state index in [2.05, 4.69) is 48.0 Å². The van der Waals surface area contributed by atoms with Crippen LogP contribution in [0.15, 0.2) is 18.3 Å². The fourth-order valence-corrected chi connectivity index (χ4v) is 3.42. The second-order valence-corrected chi connectivity index (χ2v) is 6.12. The molecule has 1 aliphatic heterocycles. The maximum absolute atomic E-state index is 12.6. The minimum Gasteiger partial charge on any atom is -0.348 e. The van der Waals surface area contributed by atoms with Crippen molar-refractivity contribution in [2.75, 3.05) is 6.54 Å². The molecule has 6 heteroatoms. The lowest BCUT2D eigenvalue weighted by Crippen LogP contribution is -2.45. The topological polar surface area (TPSA) is 55.1 Å². The van der Waals surface area contributed by atoms with Crippen molar-refractivity contribution in [2.24, 2.45) is 0 Å². The summed E-state index contributed by atoms with van der Waals surface area (Å²) in [7, 11) is 0. The number of hydrogen-bond acceptors (Lipinski definition) is 2. The second kappa shape index (κ2) is 6.10. The van der Waals surface area contributed by atoms with E-state index < -0.39 is 0 Å². The summed E-state index contributed by atoms with van der Waals surface area (Å²) in [5, 5.41) is 7.57. The number of amides is 2. The molecule has 124 valence electrons. The number of urea groups is 1. The average molecular weight is 315 g/mol. The van der Waals surface area contributed by atoms with Crippen LogP contribution in [0.3, 0.4) is 0 Å². The fourth-order valence-electron chi connectivity index (χ4n) is 3.42. The monoisotopic (exact) mass is 315 g/mol. The number of nitrogens with one attached hydrogen (secondary N) is 1. The van der Waals surface area contributed by atoms with Crippen LogP contribution < -0.4 is 5.32 Å². The highest BCUT2D eigenvalue weighted by molar-refractivity contribution is 5.75. The molecule has 0 saturated heterocycles. The van der Waals surface area contributed by atoms with Crippen LogP contribution in [-0.2, 0) is 19.6 Å². The summed E-state index contributed by atoms with van der Waals surface area (Å²) in [6, 6.07) is 4.22. The Morgan fingerprint density at radius 1 is 1.39 bits per heavy atom. The molecular weight excluding hydrogens is 290 g/mol. The number of carbonyl (C=O) groups is 1. The zero-order valence-corrected chi connectivity index (χ0v) is 14.3. The van der Waals surface area contributed by atoms with Gasteiger partial charge in [-0.15, -0.1) is 0 Å². The van der Waals surface area contributed by atoms with Crippen molar-refractivity contribution < 1.29 is 4.79 Å². The van der Waals surface area contributed by atoms with Gasteiger partial charge in [0.1, 0.15) is 0 Å². The van der Waals surface area contributed by atoms with Gasteiger partial charge in [0, 0.05) is 49.3 Å². The molecule has 1 aliphatic rings. The summed E-state index contributed by atoms with van der Waals surface area (Å²) >= 11 is 0. The molecule has 1 N–H and O–H groups in total. The number of fused-ring (bicyclic) bond motifs is 1.